The lowest BCUT2D eigenvalue weighted by Crippen LogP contribution is -2.49. The van der Waals surface area contributed by atoms with Gasteiger partial charge >= 0.3 is 0 Å². The minimum Gasteiger partial charge on any atom is -0.391 e. The number of aliphatic hydroxyl groups is 1. The van der Waals surface area contributed by atoms with Crippen LogP contribution in [0.25, 0.3) is 11.4 Å². The Hall–Kier alpha value is -2.52. The smallest absolute Gasteiger partial charge is 0.248 e. The predicted octanol–water partition coefficient (Wildman–Crippen LogP) is 1.29. The first kappa shape index (κ1) is 21.2. The van der Waals surface area contributed by atoms with Gasteiger partial charge in [-0.05, 0) is 17.5 Å². The summed E-state index contributed by atoms with van der Waals surface area (Å²) in [5.41, 5.74) is 0.574. The van der Waals surface area contributed by atoms with E-state index in [1.54, 1.807) is 18.3 Å². The zero-order chi connectivity index (χ0) is 21.3. The minimum atomic E-state index is -0.744. The lowest BCUT2D eigenvalue weighted by Gasteiger charge is -2.34. The molecule has 3 heterocycles. The molecule has 0 saturated carbocycles. The second kappa shape index (κ2) is 8.08. The first-order chi connectivity index (χ1) is 13.6. The molecule has 0 unspecified atom stereocenters. The van der Waals surface area contributed by atoms with Crippen LogP contribution in [0.2, 0.25) is 5.02 Å². The monoisotopic (exact) mass is 420 g/mol. The summed E-state index contributed by atoms with van der Waals surface area (Å²) < 4.78 is 1.50. The standard InChI is InChI=1S/C19H25ClN6O3/c1-19(2,3)16(18(29)25-9-12(27)7-15(25)17(28)21-4)26-10-14(23-24-26)13-6-5-11(20)8-22-13/h5-6,8,10,12,15-16,27H,7,9H2,1-4H3,(H,21,28)/t12-,15+,16-/m1/s1. The summed E-state index contributed by atoms with van der Waals surface area (Å²) in [6, 6.07) is 2.00. The second-order valence-corrected chi connectivity index (χ2v) is 8.66. The van der Waals surface area contributed by atoms with Gasteiger partial charge in [0.2, 0.25) is 11.8 Å². The fourth-order valence-electron chi connectivity index (χ4n) is 3.56. The van der Waals surface area contributed by atoms with E-state index < -0.39 is 23.6 Å². The van der Waals surface area contributed by atoms with Gasteiger partial charge in [-0.25, -0.2) is 4.68 Å². The number of aromatic nitrogens is 4. The molecular formula is C19H25ClN6O3. The Morgan fingerprint density at radius 2 is 2.03 bits per heavy atom. The molecular weight excluding hydrogens is 396 g/mol. The summed E-state index contributed by atoms with van der Waals surface area (Å²) in [7, 11) is 1.51. The number of nitrogens with one attached hydrogen (secondary N) is 1. The van der Waals surface area contributed by atoms with Gasteiger partial charge in [-0.2, -0.15) is 0 Å². The SMILES string of the molecule is CNC(=O)[C@@H]1C[C@@H](O)CN1C(=O)[C@@H](n1cc(-c2ccc(Cl)cn2)nn1)C(C)(C)C. The van der Waals surface area contributed by atoms with E-state index in [2.05, 4.69) is 20.6 Å². The van der Waals surface area contributed by atoms with Crippen LogP contribution in [0.4, 0.5) is 0 Å². The molecule has 1 saturated heterocycles. The third kappa shape index (κ3) is 4.40. The number of rotatable bonds is 4. The molecule has 2 aromatic rings. The van der Waals surface area contributed by atoms with E-state index in [9.17, 15) is 14.7 Å². The average Bonchev–Trinajstić information content (AvgIpc) is 3.27. The highest BCUT2D eigenvalue weighted by molar-refractivity contribution is 6.30. The molecule has 2 aromatic heterocycles. The van der Waals surface area contributed by atoms with Gasteiger partial charge in [0.15, 0.2) is 0 Å². The van der Waals surface area contributed by atoms with E-state index in [1.807, 2.05) is 20.8 Å². The van der Waals surface area contributed by atoms with Crippen LogP contribution >= 0.6 is 11.6 Å². The van der Waals surface area contributed by atoms with Crippen molar-refractivity contribution in [1.29, 1.82) is 0 Å². The lowest BCUT2D eigenvalue weighted by atomic mass is 9.85. The molecule has 3 rings (SSSR count). The molecule has 9 nitrogen and oxygen atoms in total. The van der Waals surface area contributed by atoms with Gasteiger partial charge in [-0.3, -0.25) is 14.6 Å². The molecule has 10 heteroatoms. The zero-order valence-electron chi connectivity index (χ0n) is 16.8. The van der Waals surface area contributed by atoms with Gasteiger partial charge in [-0.1, -0.05) is 37.6 Å². The number of pyridine rings is 1. The van der Waals surface area contributed by atoms with Gasteiger partial charge in [0, 0.05) is 26.2 Å². The number of amides is 2. The largest absolute Gasteiger partial charge is 0.391 e. The zero-order valence-corrected chi connectivity index (χ0v) is 17.6. The molecule has 2 amide bonds. The van der Waals surface area contributed by atoms with Crippen LogP contribution < -0.4 is 5.32 Å². The van der Waals surface area contributed by atoms with Crippen molar-refractivity contribution in [2.75, 3.05) is 13.6 Å². The summed E-state index contributed by atoms with van der Waals surface area (Å²) in [6.45, 7) is 5.85. The van der Waals surface area contributed by atoms with Crippen molar-refractivity contribution in [3.63, 3.8) is 0 Å². The Kier molecular flexibility index (Phi) is 5.90. The first-order valence-corrected chi connectivity index (χ1v) is 9.73. The molecule has 0 radical (unpaired) electrons. The van der Waals surface area contributed by atoms with Crippen molar-refractivity contribution >= 4 is 23.4 Å². The number of nitrogens with zero attached hydrogens (tertiary/aromatic N) is 5. The molecule has 0 aliphatic carbocycles. The third-order valence-corrected chi connectivity index (χ3v) is 5.15. The Morgan fingerprint density at radius 3 is 2.62 bits per heavy atom. The van der Waals surface area contributed by atoms with Crippen LogP contribution in [0.3, 0.4) is 0 Å². The second-order valence-electron chi connectivity index (χ2n) is 8.22. The topological polar surface area (TPSA) is 113 Å². The van der Waals surface area contributed by atoms with Crippen molar-refractivity contribution in [1.82, 2.24) is 30.2 Å². The lowest BCUT2D eigenvalue weighted by molar-refractivity contribution is -0.144. The van der Waals surface area contributed by atoms with Crippen LogP contribution in [0.1, 0.15) is 33.2 Å². The maximum Gasteiger partial charge on any atom is 0.248 e. The molecule has 156 valence electrons. The van der Waals surface area contributed by atoms with Crippen LogP contribution in [0, 0.1) is 5.41 Å². The molecule has 1 aliphatic rings. The first-order valence-electron chi connectivity index (χ1n) is 9.35. The van der Waals surface area contributed by atoms with Gasteiger partial charge in [0.1, 0.15) is 17.8 Å². The van der Waals surface area contributed by atoms with Crippen LogP contribution in [0.5, 0.6) is 0 Å². The summed E-state index contributed by atoms with van der Waals surface area (Å²) in [4.78, 5) is 31.4. The van der Waals surface area contributed by atoms with Gasteiger partial charge in [0.25, 0.3) is 0 Å². The van der Waals surface area contributed by atoms with E-state index in [0.29, 0.717) is 16.4 Å². The summed E-state index contributed by atoms with van der Waals surface area (Å²) in [6.07, 6.45) is 2.64. The van der Waals surface area contributed by atoms with Crippen LogP contribution in [-0.4, -0.2) is 67.5 Å². The summed E-state index contributed by atoms with van der Waals surface area (Å²) >= 11 is 5.88. The normalized spacial score (nSPS) is 20.6. The molecule has 0 aromatic carbocycles. The highest BCUT2D eigenvalue weighted by Crippen LogP contribution is 2.34. The molecule has 1 aliphatic heterocycles. The quantitative estimate of drug-likeness (QED) is 0.770. The van der Waals surface area contributed by atoms with E-state index in [1.165, 1.54) is 22.8 Å². The Bertz CT molecular complexity index is 892. The Labute approximate surface area is 174 Å². The third-order valence-electron chi connectivity index (χ3n) is 4.93. The fourth-order valence-corrected chi connectivity index (χ4v) is 3.67. The van der Waals surface area contributed by atoms with E-state index >= 15 is 0 Å². The van der Waals surface area contributed by atoms with Gasteiger partial charge < -0.3 is 15.3 Å². The van der Waals surface area contributed by atoms with Crippen molar-refractivity contribution < 1.29 is 14.7 Å². The summed E-state index contributed by atoms with van der Waals surface area (Å²) in [5, 5.41) is 21.5. The number of carbonyl (C=O) groups is 2. The number of carbonyl (C=O) groups excluding carboxylic acids is 2. The highest BCUT2D eigenvalue weighted by Gasteiger charge is 2.45. The highest BCUT2D eigenvalue weighted by atomic mass is 35.5. The average molecular weight is 421 g/mol. The number of halogens is 1. The Morgan fingerprint density at radius 1 is 1.31 bits per heavy atom. The fraction of sp³-hybridized carbons (Fsp3) is 0.526. The number of β-amino-alcohol motifs (C(OH)–C–C–N with tert-alkyl or cyclic N) is 1. The minimum absolute atomic E-state index is 0.101. The van der Waals surface area contributed by atoms with E-state index in [4.69, 9.17) is 11.6 Å². The number of hydrogen-bond donors (Lipinski definition) is 2. The molecule has 0 bridgehead atoms. The molecule has 1 fully saturated rings. The van der Waals surface area contributed by atoms with Crippen LogP contribution in [0.15, 0.2) is 24.5 Å². The molecule has 2 N–H and O–H groups in total. The predicted molar refractivity (Wildman–Crippen MR) is 107 cm³/mol. The number of likely N-dealkylation sites (tertiary alicyclic amines) is 1. The van der Waals surface area contributed by atoms with Gasteiger partial charge in [0.05, 0.1) is 23.0 Å². The number of aliphatic hydroxyl groups excluding tert-OH is 1. The molecule has 3 atom stereocenters. The molecule has 0 spiro atoms. The van der Waals surface area contributed by atoms with E-state index in [-0.39, 0.29) is 24.8 Å². The number of hydrogen-bond acceptors (Lipinski definition) is 6. The van der Waals surface area contributed by atoms with Crippen molar-refractivity contribution in [2.24, 2.45) is 5.41 Å². The Balaban J connectivity index is 1.94. The summed E-state index contributed by atoms with van der Waals surface area (Å²) in [5.74, 6) is -0.588. The van der Waals surface area contributed by atoms with Gasteiger partial charge in [-0.15, -0.1) is 5.10 Å². The van der Waals surface area contributed by atoms with Crippen LogP contribution in [-0.2, 0) is 9.59 Å². The van der Waals surface area contributed by atoms with Crippen molar-refractivity contribution in [3.05, 3.63) is 29.5 Å². The maximum absolute atomic E-state index is 13.5. The number of likely N-dealkylation sites (N-methyl/N-ethyl adjacent to an activating group) is 1. The van der Waals surface area contributed by atoms with Crippen molar-refractivity contribution in [2.45, 2.75) is 45.4 Å². The maximum atomic E-state index is 13.5. The van der Waals surface area contributed by atoms with Crippen molar-refractivity contribution in [3.8, 4) is 11.4 Å². The molecule has 29 heavy (non-hydrogen) atoms. The van der Waals surface area contributed by atoms with E-state index in [0.717, 1.165) is 0 Å².